The van der Waals surface area contributed by atoms with Crippen molar-refractivity contribution in [2.75, 3.05) is 18.1 Å². The zero-order valence-electron chi connectivity index (χ0n) is 19.1. The molecule has 0 saturated carbocycles. The number of anilines is 1. The second kappa shape index (κ2) is 10.3. The Bertz CT molecular complexity index is 1250. The molecule has 178 valence electrons. The number of carbonyl (C=O) groups is 2. The van der Waals surface area contributed by atoms with E-state index < -0.39 is 0 Å². The van der Waals surface area contributed by atoms with Gasteiger partial charge in [-0.3, -0.25) is 14.5 Å². The van der Waals surface area contributed by atoms with E-state index >= 15 is 0 Å². The van der Waals surface area contributed by atoms with Gasteiger partial charge in [-0.05, 0) is 66.4 Å². The molecule has 0 radical (unpaired) electrons. The van der Waals surface area contributed by atoms with Crippen LogP contribution in [0.1, 0.15) is 34.3 Å². The molecule has 2 aliphatic rings. The Hall–Kier alpha value is -3.61. The van der Waals surface area contributed by atoms with E-state index in [4.69, 9.17) is 21.1 Å². The molecule has 1 N–H and O–H groups in total. The number of ether oxygens (including phenoxy) is 2. The summed E-state index contributed by atoms with van der Waals surface area (Å²) in [5.41, 5.74) is 2.98. The summed E-state index contributed by atoms with van der Waals surface area (Å²) in [5.74, 6) is 0.440. The molecule has 35 heavy (non-hydrogen) atoms. The van der Waals surface area contributed by atoms with Gasteiger partial charge in [-0.1, -0.05) is 48.0 Å². The molecule has 6 nitrogen and oxygen atoms in total. The summed E-state index contributed by atoms with van der Waals surface area (Å²) >= 11 is 6.02. The first-order valence-electron chi connectivity index (χ1n) is 11.6. The molecule has 0 spiro atoms. The van der Waals surface area contributed by atoms with Crippen molar-refractivity contribution in [3.05, 3.63) is 100 Å². The lowest BCUT2D eigenvalue weighted by molar-refractivity contribution is -0.117. The minimum absolute atomic E-state index is 0.0936. The largest absolute Gasteiger partial charge is 0.449 e. The first-order valence-corrected chi connectivity index (χ1v) is 12.0. The standard InChI is InChI=1S/C28H25ClN2O4/c29-22-13-9-20(10-14-22)18-31-24-5-1-2-6-25(24)35-26(28(31)33)16-19-7-11-21(12-8-19)27(32)30-17-23-4-3-15-34-23/h1-2,5-14,16,23H,3-4,15,17-18H2,(H,30,32)/b26-16-/t23-/m1/s1. The lowest BCUT2D eigenvalue weighted by Crippen LogP contribution is -2.36. The van der Waals surface area contributed by atoms with Crippen LogP contribution in [-0.2, 0) is 16.1 Å². The molecule has 0 aromatic heterocycles. The molecule has 1 saturated heterocycles. The Morgan fingerprint density at radius 3 is 2.57 bits per heavy atom. The molecule has 0 aliphatic carbocycles. The van der Waals surface area contributed by atoms with E-state index in [1.165, 1.54) is 0 Å². The highest BCUT2D eigenvalue weighted by atomic mass is 35.5. The molecule has 7 heteroatoms. The van der Waals surface area contributed by atoms with Gasteiger partial charge in [0.1, 0.15) is 0 Å². The average Bonchev–Trinajstić information content (AvgIpc) is 3.40. The van der Waals surface area contributed by atoms with Crippen LogP contribution in [0.15, 0.2) is 78.6 Å². The van der Waals surface area contributed by atoms with Gasteiger partial charge in [0.15, 0.2) is 11.5 Å². The summed E-state index contributed by atoms with van der Waals surface area (Å²) in [6, 6.07) is 22.0. The van der Waals surface area contributed by atoms with Crippen molar-refractivity contribution < 1.29 is 19.1 Å². The predicted octanol–water partition coefficient (Wildman–Crippen LogP) is 5.22. The number of para-hydroxylation sites is 2. The van der Waals surface area contributed by atoms with Gasteiger partial charge >= 0.3 is 0 Å². The number of nitrogens with zero attached hydrogens (tertiary/aromatic N) is 1. The van der Waals surface area contributed by atoms with E-state index in [9.17, 15) is 9.59 Å². The molecule has 5 rings (SSSR count). The number of hydrogen-bond donors (Lipinski definition) is 1. The topological polar surface area (TPSA) is 67.9 Å². The number of rotatable bonds is 6. The van der Waals surface area contributed by atoms with Gasteiger partial charge in [-0.2, -0.15) is 0 Å². The molecule has 0 bridgehead atoms. The summed E-state index contributed by atoms with van der Waals surface area (Å²) in [6.07, 6.45) is 3.79. The maximum absolute atomic E-state index is 13.4. The molecule has 3 aromatic rings. The Labute approximate surface area is 209 Å². The smallest absolute Gasteiger partial charge is 0.294 e. The average molecular weight is 489 g/mol. The van der Waals surface area contributed by atoms with Crippen LogP contribution in [0, 0.1) is 0 Å². The predicted molar refractivity (Wildman–Crippen MR) is 135 cm³/mol. The van der Waals surface area contributed by atoms with E-state index in [2.05, 4.69) is 5.32 Å². The normalized spacial score (nSPS) is 18.3. The van der Waals surface area contributed by atoms with Crippen molar-refractivity contribution in [2.45, 2.75) is 25.5 Å². The highest BCUT2D eigenvalue weighted by molar-refractivity contribution is 6.30. The lowest BCUT2D eigenvalue weighted by Gasteiger charge is -2.30. The van der Waals surface area contributed by atoms with Crippen molar-refractivity contribution in [2.24, 2.45) is 0 Å². The molecule has 2 amide bonds. The van der Waals surface area contributed by atoms with Crippen LogP contribution in [0.2, 0.25) is 5.02 Å². The van der Waals surface area contributed by atoms with Crippen LogP contribution in [-0.4, -0.2) is 31.1 Å². The van der Waals surface area contributed by atoms with Gasteiger partial charge in [-0.15, -0.1) is 0 Å². The Balaban J connectivity index is 1.33. The fourth-order valence-electron chi connectivity index (χ4n) is 4.19. The number of carbonyl (C=O) groups excluding carboxylic acids is 2. The highest BCUT2D eigenvalue weighted by Crippen LogP contribution is 2.36. The second-order valence-corrected chi connectivity index (χ2v) is 9.00. The van der Waals surface area contributed by atoms with E-state index in [0.29, 0.717) is 35.1 Å². The number of benzene rings is 3. The third-order valence-electron chi connectivity index (χ3n) is 6.07. The maximum Gasteiger partial charge on any atom is 0.294 e. The van der Waals surface area contributed by atoms with Crippen LogP contribution in [0.4, 0.5) is 5.69 Å². The van der Waals surface area contributed by atoms with Crippen LogP contribution in [0.25, 0.3) is 6.08 Å². The summed E-state index contributed by atoms with van der Waals surface area (Å²) < 4.78 is 11.5. The third-order valence-corrected chi connectivity index (χ3v) is 6.32. The summed E-state index contributed by atoms with van der Waals surface area (Å²) in [7, 11) is 0. The fraction of sp³-hybridized carbons (Fsp3) is 0.214. The number of hydrogen-bond acceptors (Lipinski definition) is 4. The van der Waals surface area contributed by atoms with Gasteiger partial charge in [-0.25, -0.2) is 0 Å². The van der Waals surface area contributed by atoms with Gasteiger partial charge in [0.05, 0.1) is 18.3 Å². The molecule has 1 atom stereocenters. The summed E-state index contributed by atoms with van der Waals surface area (Å²) in [4.78, 5) is 27.5. The lowest BCUT2D eigenvalue weighted by atomic mass is 10.1. The fourth-order valence-corrected chi connectivity index (χ4v) is 4.31. The second-order valence-electron chi connectivity index (χ2n) is 8.56. The summed E-state index contributed by atoms with van der Waals surface area (Å²) in [6.45, 7) is 1.65. The van der Waals surface area contributed by atoms with Crippen LogP contribution in [0.3, 0.4) is 0 Å². The van der Waals surface area contributed by atoms with Gasteiger partial charge in [0.25, 0.3) is 11.8 Å². The Morgan fingerprint density at radius 1 is 1.06 bits per heavy atom. The minimum Gasteiger partial charge on any atom is -0.449 e. The van der Waals surface area contributed by atoms with E-state index in [-0.39, 0.29) is 23.7 Å². The molecule has 0 unspecified atom stereocenters. The van der Waals surface area contributed by atoms with Crippen LogP contribution in [0.5, 0.6) is 5.75 Å². The van der Waals surface area contributed by atoms with Crippen molar-refractivity contribution in [1.82, 2.24) is 5.32 Å². The van der Waals surface area contributed by atoms with Crippen LogP contribution < -0.4 is 15.0 Å². The monoisotopic (exact) mass is 488 g/mol. The first kappa shape index (κ1) is 23.1. The molecular weight excluding hydrogens is 464 g/mol. The number of halogens is 1. The molecule has 3 aromatic carbocycles. The van der Waals surface area contributed by atoms with Crippen LogP contribution >= 0.6 is 11.6 Å². The third kappa shape index (κ3) is 5.39. The van der Waals surface area contributed by atoms with Crippen molar-refractivity contribution in [3.63, 3.8) is 0 Å². The minimum atomic E-state index is -0.239. The number of fused-ring (bicyclic) bond motifs is 1. The molecule has 1 fully saturated rings. The zero-order chi connectivity index (χ0) is 24.2. The number of amides is 2. The van der Waals surface area contributed by atoms with Crippen molar-refractivity contribution >= 4 is 35.2 Å². The maximum atomic E-state index is 13.4. The SMILES string of the molecule is O=C(NC[C@H]1CCCO1)c1ccc(/C=C2\Oc3ccccc3N(Cc3ccc(Cl)cc3)C2=O)cc1. The zero-order valence-corrected chi connectivity index (χ0v) is 19.8. The Morgan fingerprint density at radius 2 is 1.83 bits per heavy atom. The van der Waals surface area contributed by atoms with Crippen molar-refractivity contribution in [1.29, 1.82) is 0 Å². The van der Waals surface area contributed by atoms with E-state index in [1.54, 1.807) is 35.2 Å². The van der Waals surface area contributed by atoms with Gasteiger partial charge in [0.2, 0.25) is 0 Å². The first-order chi connectivity index (χ1) is 17.1. The van der Waals surface area contributed by atoms with E-state index in [1.807, 2.05) is 48.5 Å². The van der Waals surface area contributed by atoms with Gasteiger partial charge in [0, 0.05) is 23.7 Å². The van der Waals surface area contributed by atoms with E-state index in [0.717, 1.165) is 30.6 Å². The number of nitrogens with one attached hydrogen (secondary N) is 1. The molecule has 2 aliphatic heterocycles. The summed E-state index contributed by atoms with van der Waals surface area (Å²) in [5, 5.41) is 3.56. The highest BCUT2D eigenvalue weighted by Gasteiger charge is 2.30. The molecular formula is C28H25ClN2O4. The van der Waals surface area contributed by atoms with Crippen molar-refractivity contribution in [3.8, 4) is 5.75 Å². The molecule has 2 heterocycles. The quantitative estimate of drug-likeness (QED) is 0.483. The van der Waals surface area contributed by atoms with Gasteiger partial charge < -0.3 is 14.8 Å². The Kier molecular flexibility index (Phi) is 6.84.